The summed E-state index contributed by atoms with van der Waals surface area (Å²) in [7, 11) is 1.59. The first kappa shape index (κ1) is 22.1. The molecule has 0 unspecified atom stereocenters. The third-order valence-electron chi connectivity index (χ3n) is 4.91. The molecule has 0 atom stereocenters. The van der Waals surface area contributed by atoms with E-state index in [1.54, 1.807) is 19.3 Å². The minimum Gasteiger partial charge on any atom is -0.493 e. The number of para-hydroxylation sites is 1. The Balaban J connectivity index is 2.14. The van der Waals surface area contributed by atoms with Gasteiger partial charge in [0.25, 0.3) is 5.56 Å². The molecule has 0 aliphatic carbocycles. The molecule has 3 aromatic rings. The largest absolute Gasteiger partial charge is 0.493 e. The fraction of sp³-hybridized carbons (Fsp3) is 0.292. The molecule has 0 bridgehead atoms. The van der Waals surface area contributed by atoms with Gasteiger partial charge in [-0.2, -0.15) is 0 Å². The van der Waals surface area contributed by atoms with Gasteiger partial charge in [0.05, 0.1) is 25.0 Å². The fourth-order valence-electron chi connectivity index (χ4n) is 3.34. The van der Waals surface area contributed by atoms with Gasteiger partial charge in [0, 0.05) is 17.3 Å². The molecule has 2 aromatic heterocycles. The second-order valence-corrected chi connectivity index (χ2v) is 6.98. The third-order valence-corrected chi connectivity index (χ3v) is 4.91. The highest BCUT2D eigenvalue weighted by Gasteiger charge is 2.14. The lowest BCUT2D eigenvalue weighted by Gasteiger charge is -2.12. The molecule has 2 heterocycles. The van der Waals surface area contributed by atoms with Crippen molar-refractivity contribution in [3.63, 3.8) is 0 Å². The molecular weight excluding hydrogens is 396 g/mol. The molecule has 0 saturated carbocycles. The van der Waals surface area contributed by atoms with Gasteiger partial charge in [-0.05, 0) is 50.1 Å². The van der Waals surface area contributed by atoms with E-state index in [9.17, 15) is 14.7 Å². The zero-order valence-corrected chi connectivity index (χ0v) is 17.9. The fourth-order valence-corrected chi connectivity index (χ4v) is 3.34. The molecule has 162 valence electrons. The number of nitrogens with zero attached hydrogens (tertiary/aromatic N) is 2. The van der Waals surface area contributed by atoms with E-state index >= 15 is 0 Å². The van der Waals surface area contributed by atoms with Gasteiger partial charge in [-0.15, -0.1) is 0 Å². The van der Waals surface area contributed by atoms with Crippen LogP contribution in [0.5, 0.6) is 11.5 Å². The predicted octanol–water partition coefficient (Wildman–Crippen LogP) is 4.31. The van der Waals surface area contributed by atoms with Crippen molar-refractivity contribution in [3.05, 3.63) is 69.3 Å². The van der Waals surface area contributed by atoms with Crippen LogP contribution in [-0.4, -0.2) is 34.2 Å². The zero-order chi connectivity index (χ0) is 22.4. The first-order chi connectivity index (χ1) is 15.0. The van der Waals surface area contributed by atoms with Crippen LogP contribution in [0.25, 0.3) is 17.8 Å². The second kappa shape index (κ2) is 9.93. The van der Waals surface area contributed by atoms with E-state index in [4.69, 9.17) is 9.47 Å². The Morgan fingerprint density at radius 2 is 2.00 bits per heavy atom. The SMILES string of the molecule is CCCCc1c(/C=C/c2cccc(OC)c2OCC)nc2ccc(C(=O)O)cn2c1=O. The number of unbranched alkanes of at least 4 members (excludes halogenated alkanes) is 1. The van der Waals surface area contributed by atoms with E-state index in [0.717, 1.165) is 18.4 Å². The van der Waals surface area contributed by atoms with Crippen molar-refractivity contribution in [1.82, 2.24) is 9.38 Å². The number of carbonyl (C=O) groups is 1. The van der Waals surface area contributed by atoms with Crippen molar-refractivity contribution in [1.29, 1.82) is 0 Å². The van der Waals surface area contributed by atoms with Gasteiger partial charge in [0.15, 0.2) is 11.5 Å². The second-order valence-electron chi connectivity index (χ2n) is 6.98. The molecule has 3 rings (SSSR count). The number of carboxylic acid groups (broad SMARTS) is 1. The smallest absolute Gasteiger partial charge is 0.337 e. The Morgan fingerprint density at radius 1 is 1.19 bits per heavy atom. The predicted molar refractivity (Wildman–Crippen MR) is 120 cm³/mol. The van der Waals surface area contributed by atoms with Gasteiger partial charge in [0.1, 0.15) is 5.65 Å². The minimum absolute atomic E-state index is 0.0406. The quantitative estimate of drug-likeness (QED) is 0.553. The number of pyridine rings is 1. The number of fused-ring (bicyclic) bond motifs is 1. The van der Waals surface area contributed by atoms with Gasteiger partial charge in [-0.3, -0.25) is 9.20 Å². The van der Waals surface area contributed by atoms with Gasteiger partial charge in [-0.1, -0.05) is 25.5 Å². The van der Waals surface area contributed by atoms with Crippen LogP contribution in [0.2, 0.25) is 0 Å². The average Bonchev–Trinajstić information content (AvgIpc) is 2.77. The molecule has 7 nitrogen and oxygen atoms in total. The summed E-state index contributed by atoms with van der Waals surface area (Å²) < 4.78 is 12.5. The maximum atomic E-state index is 13.2. The summed E-state index contributed by atoms with van der Waals surface area (Å²) in [4.78, 5) is 29.1. The maximum absolute atomic E-state index is 13.2. The number of aromatic carboxylic acids is 1. The first-order valence-electron chi connectivity index (χ1n) is 10.3. The van der Waals surface area contributed by atoms with E-state index < -0.39 is 5.97 Å². The van der Waals surface area contributed by atoms with E-state index in [1.807, 2.05) is 31.2 Å². The molecule has 0 amide bonds. The summed E-state index contributed by atoms with van der Waals surface area (Å²) in [5.74, 6) is 0.166. The lowest BCUT2D eigenvalue weighted by molar-refractivity contribution is 0.0696. The lowest BCUT2D eigenvalue weighted by atomic mass is 10.1. The van der Waals surface area contributed by atoms with E-state index in [0.29, 0.717) is 41.4 Å². The summed E-state index contributed by atoms with van der Waals surface area (Å²) in [6.45, 7) is 4.44. The molecule has 1 N–H and O–H groups in total. The number of methoxy groups -OCH3 is 1. The molecule has 0 aliphatic heterocycles. The molecule has 1 aromatic carbocycles. The molecule has 0 saturated heterocycles. The summed E-state index contributed by atoms with van der Waals surface area (Å²) in [6, 6.07) is 8.59. The van der Waals surface area contributed by atoms with Crippen molar-refractivity contribution in [2.75, 3.05) is 13.7 Å². The highest BCUT2D eigenvalue weighted by atomic mass is 16.5. The van der Waals surface area contributed by atoms with Gasteiger partial charge in [0.2, 0.25) is 0 Å². The third kappa shape index (κ3) is 4.77. The zero-order valence-electron chi connectivity index (χ0n) is 17.9. The number of hydrogen-bond acceptors (Lipinski definition) is 5. The van der Waals surface area contributed by atoms with Crippen molar-refractivity contribution in [2.24, 2.45) is 0 Å². The van der Waals surface area contributed by atoms with Crippen LogP contribution in [0, 0.1) is 0 Å². The Kier molecular flexibility index (Phi) is 7.07. The highest BCUT2D eigenvalue weighted by Crippen LogP contribution is 2.32. The monoisotopic (exact) mass is 422 g/mol. The van der Waals surface area contributed by atoms with Gasteiger partial charge < -0.3 is 14.6 Å². The topological polar surface area (TPSA) is 90.1 Å². The number of aromatic nitrogens is 2. The highest BCUT2D eigenvalue weighted by molar-refractivity contribution is 5.87. The summed E-state index contributed by atoms with van der Waals surface area (Å²) >= 11 is 0. The van der Waals surface area contributed by atoms with Crippen LogP contribution in [0.4, 0.5) is 0 Å². The van der Waals surface area contributed by atoms with Crippen LogP contribution in [0.3, 0.4) is 0 Å². The number of carboxylic acids is 1. The van der Waals surface area contributed by atoms with Crippen LogP contribution in [0.15, 0.2) is 41.3 Å². The number of benzene rings is 1. The Hall–Kier alpha value is -3.61. The molecule has 31 heavy (non-hydrogen) atoms. The normalized spacial score (nSPS) is 11.2. The van der Waals surface area contributed by atoms with Crippen LogP contribution in [-0.2, 0) is 6.42 Å². The number of rotatable bonds is 9. The minimum atomic E-state index is -1.09. The molecule has 0 aliphatic rings. The molecular formula is C24H26N2O5. The molecule has 7 heteroatoms. The van der Waals surface area contributed by atoms with E-state index in [1.165, 1.54) is 16.7 Å². The van der Waals surface area contributed by atoms with Crippen LogP contribution < -0.4 is 15.0 Å². The van der Waals surface area contributed by atoms with Crippen molar-refractivity contribution in [3.8, 4) is 11.5 Å². The standard InChI is InChI=1S/C24H26N2O5/c1-4-6-9-18-19(13-11-16-8-7-10-20(30-3)22(16)31-5-2)25-21-14-12-17(24(28)29)15-26(21)23(18)27/h7-8,10-15H,4-6,9H2,1-3H3,(H,28,29)/b13-11+. The summed E-state index contributed by atoms with van der Waals surface area (Å²) in [6.07, 6.45) is 7.28. The van der Waals surface area contributed by atoms with Crippen molar-refractivity contribution in [2.45, 2.75) is 33.1 Å². The number of ether oxygens (including phenoxy) is 2. The van der Waals surface area contributed by atoms with Gasteiger partial charge >= 0.3 is 5.97 Å². The number of hydrogen-bond donors (Lipinski definition) is 1. The Bertz CT molecular complexity index is 1180. The summed E-state index contributed by atoms with van der Waals surface area (Å²) in [5, 5.41) is 9.25. The van der Waals surface area contributed by atoms with Crippen molar-refractivity contribution < 1.29 is 19.4 Å². The average molecular weight is 422 g/mol. The molecule has 0 radical (unpaired) electrons. The van der Waals surface area contributed by atoms with Gasteiger partial charge in [-0.25, -0.2) is 9.78 Å². The molecule has 0 spiro atoms. The molecule has 0 fully saturated rings. The van der Waals surface area contributed by atoms with E-state index in [2.05, 4.69) is 11.9 Å². The van der Waals surface area contributed by atoms with E-state index in [-0.39, 0.29) is 11.1 Å². The Labute approximate surface area is 180 Å². The summed E-state index contributed by atoms with van der Waals surface area (Å²) in [5.41, 5.74) is 2.11. The van der Waals surface area contributed by atoms with Crippen molar-refractivity contribution >= 4 is 23.8 Å². The van der Waals surface area contributed by atoms with Crippen LogP contribution >= 0.6 is 0 Å². The Morgan fingerprint density at radius 3 is 2.68 bits per heavy atom. The first-order valence-corrected chi connectivity index (χ1v) is 10.3. The lowest BCUT2D eigenvalue weighted by Crippen LogP contribution is -2.22. The maximum Gasteiger partial charge on any atom is 0.337 e. The van der Waals surface area contributed by atoms with Crippen LogP contribution in [0.1, 0.15) is 53.9 Å².